The minimum atomic E-state index is 0.308. The Balaban J connectivity index is 1.79. The molecule has 3 heteroatoms. The van der Waals surface area contributed by atoms with Crippen LogP contribution in [0.3, 0.4) is 0 Å². The second-order valence-corrected chi connectivity index (χ2v) is 5.52. The largest absolute Gasteiger partial charge is 0.507 e. The predicted molar refractivity (Wildman–Crippen MR) is 91.4 cm³/mol. The maximum absolute atomic E-state index is 10.2. The van der Waals surface area contributed by atoms with Gasteiger partial charge in [-0.2, -0.15) is 0 Å². The topological polar surface area (TPSA) is 32.7 Å². The molecule has 1 N–H and O–H groups in total. The van der Waals surface area contributed by atoms with Crippen LogP contribution >= 0.6 is 0 Å². The highest BCUT2D eigenvalue weighted by Crippen LogP contribution is 2.38. The van der Waals surface area contributed by atoms with Gasteiger partial charge in [-0.25, -0.2) is 0 Å². The summed E-state index contributed by atoms with van der Waals surface area (Å²) in [6.45, 7) is 0. The van der Waals surface area contributed by atoms with Crippen LogP contribution < -0.4 is 9.64 Å². The van der Waals surface area contributed by atoms with E-state index in [9.17, 15) is 5.11 Å². The number of benzene rings is 2. The third-order valence-corrected chi connectivity index (χ3v) is 3.85. The first-order valence-corrected chi connectivity index (χ1v) is 7.17. The van der Waals surface area contributed by atoms with Crippen molar-refractivity contribution in [2.24, 2.45) is 0 Å². The lowest BCUT2D eigenvalue weighted by atomic mass is 9.88. The summed E-state index contributed by atoms with van der Waals surface area (Å²) in [5, 5.41) is 10.2. The monoisotopic (exact) mass is 293 g/mol. The predicted octanol–water partition coefficient (Wildman–Crippen LogP) is 3.95. The van der Waals surface area contributed by atoms with Crippen LogP contribution in [0.15, 0.2) is 54.6 Å². The molecule has 0 unspecified atom stereocenters. The lowest BCUT2D eigenvalue weighted by Crippen LogP contribution is -2.08. The SMILES string of the molecule is COc1ccc(C2=CC(c3ccc(N(C)C)cc3O)=C2)cc1. The standard InChI is InChI=1S/C19H19NO2/c1-20(2)16-6-9-18(19(21)12-16)15-10-14(11-15)13-4-7-17(22-3)8-5-13/h4-12,21H,1-3H3. The zero-order valence-corrected chi connectivity index (χ0v) is 13.0. The fourth-order valence-electron chi connectivity index (χ4n) is 2.47. The number of aromatic hydroxyl groups is 1. The molecule has 3 rings (SSSR count). The average molecular weight is 293 g/mol. The number of hydrogen-bond donors (Lipinski definition) is 1. The molecule has 0 radical (unpaired) electrons. The van der Waals surface area contributed by atoms with Crippen LogP contribution in [0.5, 0.6) is 11.5 Å². The smallest absolute Gasteiger partial charge is 0.125 e. The maximum Gasteiger partial charge on any atom is 0.125 e. The van der Waals surface area contributed by atoms with Gasteiger partial charge in [-0.1, -0.05) is 12.1 Å². The highest BCUT2D eigenvalue weighted by atomic mass is 16.5. The molecule has 0 aromatic heterocycles. The van der Waals surface area contributed by atoms with Gasteiger partial charge in [0, 0.05) is 31.4 Å². The third-order valence-electron chi connectivity index (χ3n) is 3.85. The highest BCUT2D eigenvalue weighted by molar-refractivity contribution is 6.02. The Bertz CT molecular complexity index is 756. The van der Waals surface area contributed by atoms with Gasteiger partial charge < -0.3 is 14.7 Å². The number of anilines is 1. The first kappa shape index (κ1) is 14.3. The van der Waals surface area contributed by atoms with E-state index < -0.39 is 0 Å². The number of methoxy groups -OCH3 is 1. The highest BCUT2D eigenvalue weighted by Gasteiger charge is 2.15. The Morgan fingerprint density at radius 2 is 1.59 bits per heavy atom. The van der Waals surface area contributed by atoms with Crippen molar-refractivity contribution in [1.82, 2.24) is 0 Å². The molecule has 0 bridgehead atoms. The van der Waals surface area contributed by atoms with Gasteiger partial charge in [0.2, 0.25) is 0 Å². The quantitative estimate of drug-likeness (QED) is 0.926. The third kappa shape index (κ3) is 2.58. The molecule has 0 atom stereocenters. The van der Waals surface area contributed by atoms with Gasteiger partial charge in [0.05, 0.1) is 7.11 Å². The Morgan fingerprint density at radius 3 is 2.14 bits per heavy atom. The van der Waals surface area contributed by atoms with E-state index in [-0.39, 0.29) is 0 Å². The van der Waals surface area contributed by atoms with E-state index in [0.29, 0.717) is 5.75 Å². The Kier molecular flexibility index (Phi) is 3.63. The Hall–Kier alpha value is -2.68. The van der Waals surface area contributed by atoms with E-state index in [1.165, 1.54) is 0 Å². The molecular formula is C19H19NO2. The van der Waals surface area contributed by atoms with E-state index in [1.54, 1.807) is 13.2 Å². The molecular weight excluding hydrogens is 274 g/mol. The molecule has 112 valence electrons. The molecule has 2 aromatic rings. The van der Waals surface area contributed by atoms with E-state index in [2.05, 4.69) is 12.2 Å². The molecule has 0 aliphatic heterocycles. The van der Waals surface area contributed by atoms with Crippen LogP contribution in [0.25, 0.3) is 11.1 Å². The van der Waals surface area contributed by atoms with Crippen molar-refractivity contribution in [3.05, 3.63) is 65.7 Å². The van der Waals surface area contributed by atoms with E-state index in [1.807, 2.05) is 55.4 Å². The molecule has 22 heavy (non-hydrogen) atoms. The van der Waals surface area contributed by atoms with Gasteiger partial charge in [0.1, 0.15) is 11.5 Å². The number of phenols is 1. The fourth-order valence-corrected chi connectivity index (χ4v) is 2.47. The summed E-state index contributed by atoms with van der Waals surface area (Å²) in [6.07, 6.45) is 4.18. The number of hydrogen-bond acceptors (Lipinski definition) is 3. The van der Waals surface area contributed by atoms with Crippen LogP contribution in [0.2, 0.25) is 0 Å². The van der Waals surface area contributed by atoms with Crippen LogP contribution in [-0.2, 0) is 0 Å². The van der Waals surface area contributed by atoms with E-state index in [4.69, 9.17) is 4.74 Å². The summed E-state index contributed by atoms with van der Waals surface area (Å²) < 4.78 is 5.17. The maximum atomic E-state index is 10.2. The van der Waals surface area contributed by atoms with Crippen LogP contribution in [0, 0.1) is 0 Å². The fraction of sp³-hybridized carbons (Fsp3) is 0.158. The van der Waals surface area contributed by atoms with Crippen molar-refractivity contribution in [2.45, 2.75) is 0 Å². The first-order valence-electron chi connectivity index (χ1n) is 7.17. The molecule has 3 nitrogen and oxygen atoms in total. The van der Waals surface area contributed by atoms with Crippen molar-refractivity contribution in [3.8, 4) is 11.5 Å². The van der Waals surface area contributed by atoms with Crippen molar-refractivity contribution in [2.75, 3.05) is 26.1 Å². The number of rotatable bonds is 4. The van der Waals surface area contributed by atoms with Crippen molar-refractivity contribution >= 4 is 16.8 Å². The molecule has 0 saturated heterocycles. The van der Waals surface area contributed by atoms with Crippen LogP contribution in [0.4, 0.5) is 5.69 Å². The van der Waals surface area contributed by atoms with Gasteiger partial charge in [-0.15, -0.1) is 0 Å². The van der Waals surface area contributed by atoms with Crippen molar-refractivity contribution in [3.63, 3.8) is 0 Å². The summed E-state index contributed by atoms with van der Waals surface area (Å²) in [5.41, 5.74) is 5.21. The van der Waals surface area contributed by atoms with Gasteiger partial charge in [0.25, 0.3) is 0 Å². The Labute approximate surface area is 130 Å². The Morgan fingerprint density at radius 1 is 0.909 bits per heavy atom. The van der Waals surface area contributed by atoms with Gasteiger partial charge >= 0.3 is 0 Å². The number of phenolic OH excluding ortho intramolecular Hbond substituents is 1. The summed E-state index contributed by atoms with van der Waals surface area (Å²) in [6, 6.07) is 13.7. The molecule has 0 heterocycles. The summed E-state index contributed by atoms with van der Waals surface area (Å²) in [7, 11) is 5.58. The number of nitrogens with zero attached hydrogens (tertiary/aromatic N) is 1. The van der Waals surface area contributed by atoms with Crippen LogP contribution in [-0.4, -0.2) is 26.3 Å². The summed E-state index contributed by atoms with van der Waals surface area (Å²) >= 11 is 0. The zero-order chi connectivity index (χ0) is 15.7. The first-order chi connectivity index (χ1) is 10.6. The summed E-state index contributed by atoms with van der Waals surface area (Å²) in [5.74, 6) is 1.16. The van der Waals surface area contributed by atoms with E-state index >= 15 is 0 Å². The zero-order valence-electron chi connectivity index (χ0n) is 13.0. The van der Waals surface area contributed by atoms with Crippen LogP contribution in [0.1, 0.15) is 11.1 Å². The normalized spacial score (nSPS) is 13.0. The minimum Gasteiger partial charge on any atom is -0.507 e. The molecule has 0 amide bonds. The molecule has 0 fully saturated rings. The molecule has 0 spiro atoms. The molecule has 2 aromatic carbocycles. The molecule has 1 aliphatic rings. The lowest BCUT2D eigenvalue weighted by Gasteiger charge is -2.19. The van der Waals surface area contributed by atoms with Gasteiger partial charge in [0.15, 0.2) is 0 Å². The minimum absolute atomic E-state index is 0.308. The van der Waals surface area contributed by atoms with E-state index in [0.717, 1.165) is 33.7 Å². The molecule has 1 aliphatic carbocycles. The van der Waals surface area contributed by atoms with Crippen molar-refractivity contribution < 1.29 is 9.84 Å². The number of ether oxygens (including phenoxy) is 1. The molecule has 0 saturated carbocycles. The second-order valence-electron chi connectivity index (χ2n) is 5.52. The summed E-state index contributed by atoms with van der Waals surface area (Å²) in [4.78, 5) is 1.97. The van der Waals surface area contributed by atoms with Gasteiger partial charge in [-0.3, -0.25) is 0 Å². The average Bonchev–Trinajstić information content (AvgIpc) is 2.48. The van der Waals surface area contributed by atoms with Gasteiger partial charge in [-0.05, 0) is 53.1 Å². The lowest BCUT2D eigenvalue weighted by molar-refractivity contribution is 0.415. The number of allylic oxidation sites excluding steroid dienone is 4. The second kappa shape index (κ2) is 5.60. The van der Waals surface area contributed by atoms with Crippen molar-refractivity contribution in [1.29, 1.82) is 0 Å².